The van der Waals surface area contributed by atoms with Gasteiger partial charge in [0.15, 0.2) is 0 Å². The monoisotopic (exact) mass is 408 g/mol. The average Bonchev–Trinajstić information content (AvgIpc) is 2.86. The topological polar surface area (TPSA) is 51.6 Å². The van der Waals surface area contributed by atoms with Crippen molar-refractivity contribution >= 4 is 22.1 Å². The molecule has 4 heteroatoms. The summed E-state index contributed by atoms with van der Waals surface area (Å²) in [7, 11) is 0. The van der Waals surface area contributed by atoms with Gasteiger partial charge in [0, 0.05) is 20.9 Å². The Bertz CT molecular complexity index is 1800. The Balaban J connectivity index is 2.01. The Hall–Kier alpha value is -4.44. The lowest BCUT2D eigenvalue weighted by molar-refractivity contribution is 1.08. The van der Waals surface area contributed by atoms with Crippen LogP contribution in [0.3, 0.4) is 0 Å². The van der Waals surface area contributed by atoms with Gasteiger partial charge in [0.05, 0.1) is 43.5 Å². The molecule has 4 nitrogen and oxygen atoms in total. The van der Waals surface area contributed by atoms with Crippen LogP contribution in [0, 0.1) is 42.3 Å². The fourth-order valence-corrected chi connectivity index (χ4v) is 4.54. The van der Waals surface area contributed by atoms with Crippen molar-refractivity contribution in [1.82, 2.24) is 19.9 Å². The van der Waals surface area contributed by atoms with Gasteiger partial charge in [-0.1, -0.05) is 72.8 Å². The van der Waals surface area contributed by atoms with Gasteiger partial charge in [0.2, 0.25) is 0 Å². The van der Waals surface area contributed by atoms with E-state index in [0.717, 1.165) is 64.3 Å². The largest absolute Gasteiger partial charge is 0.244 e. The first kappa shape index (κ1) is 17.3. The molecule has 1 aliphatic rings. The van der Waals surface area contributed by atoms with Crippen molar-refractivity contribution in [3.8, 4) is 0 Å². The number of hydrogen-bond acceptors (Lipinski definition) is 4. The van der Waals surface area contributed by atoms with E-state index in [1.807, 2.05) is 72.8 Å². The highest BCUT2D eigenvalue weighted by molar-refractivity contribution is 5.74. The fourth-order valence-electron chi connectivity index (χ4n) is 4.54. The van der Waals surface area contributed by atoms with Crippen molar-refractivity contribution in [3.05, 3.63) is 139 Å². The van der Waals surface area contributed by atoms with Gasteiger partial charge < -0.3 is 0 Å². The molecule has 148 valence electrons. The molecule has 4 aromatic carbocycles. The molecule has 1 aliphatic carbocycles. The predicted molar refractivity (Wildman–Crippen MR) is 123 cm³/mol. The fraction of sp³-hybridized carbons (Fsp3) is 0. The lowest BCUT2D eigenvalue weighted by Gasteiger charge is -2.04. The van der Waals surface area contributed by atoms with Crippen LogP contribution in [0.5, 0.6) is 0 Å². The van der Waals surface area contributed by atoms with Crippen LogP contribution < -0.4 is 0 Å². The van der Waals surface area contributed by atoms with Crippen LogP contribution in [0.4, 0.5) is 0 Å². The van der Waals surface area contributed by atoms with Crippen LogP contribution in [0.1, 0.15) is 0 Å². The summed E-state index contributed by atoms with van der Waals surface area (Å²) in [5.41, 5.74) is 3.51. The van der Waals surface area contributed by atoms with E-state index in [-0.39, 0.29) is 0 Å². The van der Waals surface area contributed by atoms with Crippen molar-refractivity contribution in [2.75, 3.05) is 0 Å². The minimum Gasteiger partial charge on any atom is -0.244 e. The molecule has 0 saturated heterocycles. The second kappa shape index (κ2) is 6.53. The van der Waals surface area contributed by atoms with Gasteiger partial charge in [0.1, 0.15) is 0 Å². The Morgan fingerprint density at radius 2 is 0.500 bits per heavy atom. The molecule has 0 N–H and O–H groups in total. The first-order chi connectivity index (χ1) is 15.9. The van der Waals surface area contributed by atoms with Gasteiger partial charge in [-0.2, -0.15) is 0 Å². The molecule has 2 heterocycles. The van der Waals surface area contributed by atoms with Crippen molar-refractivity contribution in [3.63, 3.8) is 0 Å². The molecule has 0 fully saturated rings. The Kier molecular flexibility index (Phi) is 3.52. The van der Waals surface area contributed by atoms with E-state index in [0.29, 0.717) is 0 Å². The molecule has 0 radical (unpaired) electrons. The summed E-state index contributed by atoms with van der Waals surface area (Å²) in [5, 5.41) is 7.53. The zero-order valence-electron chi connectivity index (χ0n) is 17.0. The number of fused-ring (bicyclic) bond motifs is 6. The average molecular weight is 408 g/mol. The standard InChI is InChI=1S/C28H16N4/c1-2-10-18-17(9-1)25-27(31-22-14-6-5-13-21(22)29-25)19-11-3-4-12-20(19)28-26(18)30-23-15-7-8-16-24(23)32-28/h1-16H/b25-17+,26-18+,27-19+,28-20+. The summed E-state index contributed by atoms with van der Waals surface area (Å²) >= 11 is 0. The van der Waals surface area contributed by atoms with E-state index in [1.54, 1.807) is 0 Å². The molecule has 0 aliphatic heterocycles. The molecule has 6 aromatic rings. The normalized spacial score (nSPS) is 16.2. The number of benzene rings is 4. The Morgan fingerprint density at radius 3 is 0.750 bits per heavy atom. The van der Waals surface area contributed by atoms with Crippen molar-refractivity contribution in [1.29, 1.82) is 0 Å². The Labute approximate surface area is 181 Å². The second-order valence-electron chi connectivity index (χ2n) is 7.91. The first-order valence-electron chi connectivity index (χ1n) is 10.6. The maximum absolute atomic E-state index is 5.08. The third kappa shape index (κ3) is 2.44. The highest BCUT2D eigenvalue weighted by Gasteiger charge is 2.07. The summed E-state index contributed by atoms with van der Waals surface area (Å²) in [6.07, 6.45) is 0. The van der Waals surface area contributed by atoms with Gasteiger partial charge in [-0.15, -0.1) is 0 Å². The molecule has 7 rings (SSSR count). The maximum atomic E-state index is 5.08. The van der Waals surface area contributed by atoms with E-state index in [1.165, 1.54) is 0 Å². The highest BCUT2D eigenvalue weighted by atomic mass is 14.8. The zero-order valence-corrected chi connectivity index (χ0v) is 17.0. The molecule has 32 heavy (non-hydrogen) atoms. The van der Waals surface area contributed by atoms with E-state index in [2.05, 4.69) is 24.3 Å². The summed E-state index contributed by atoms with van der Waals surface area (Å²) in [4.78, 5) is 20.3. The molecular weight excluding hydrogens is 392 g/mol. The zero-order chi connectivity index (χ0) is 21.1. The van der Waals surface area contributed by atoms with Crippen LogP contribution in [0.25, 0.3) is 22.1 Å². The SMILES string of the molecule is c1ccc2/c(c1)=c1/nc3ccccc3n/c1=c1\cccc\c1=c1/nc3ccccc3n/c1=2. The van der Waals surface area contributed by atoms with Crippen molar-refractivity contribution in [2.24, 2.45) is 0 Å². The summed E-state index contributed by atoms with van der Waals surface area (Å²) < 4.78 is 0. The Morgan fingerprint density at radius 1 is 0.281 bits per heavy atom. The summed E-state index contributed by atoms with van der Waals surface area (Å²) in [6, 6.07) is 32.6. The number of aromatic nitrogens is 4. The van der Waals surface area contributed by atoms with Crippen LogP contribution >= 0.6 is 0 Å². The molecule has 0 amide bonds. The van der Waals surface area contributed by atoms with E-state index in [9.17, 15) is 0 Å². The van der Waals surface area contributed by atoms with Crippen LogP contribution in [0.15, 0.2) is 97.1 Å². The van der Waals surface area contributed by atoms with Crippen molar-refractivity contribution in [2.45, 2.75) is 0 Å². The number of para-hydroxylation sites is 4. The molecule has 0 atom stereocenters. The number of rotatable bonds is 0. The number of nitrogens with zero attached hydrogens (tertiary/aromatic N) is 4. The third-order valence-electron chi connectivity index (χ3n) is 6.02. The van der Waals surface area contributed by atoms with Crippen LogP contribution in [-0.4, -0.2) is 19.9 Å². The minimum atomic E-state index is 0.868. The first-order valence-corrected chi connectivity index (χ1v) is 10.6. The lowest BCUT2D eigenvalue weighted by Crippen LogP contribution is -1.98. The van der Waals surface area contributed by atoms with Crippen LogP contribution in [0.2, 0.25) is 0 Å². The molecule has 0 saturated carbocycles. The summed E-state index contributed by atoms with van der Waals surface area (Å²) in [5.74, 6) is 0. The maximum Gasteiger partial charge on any atom is 0.0980 e. The summed E-state index contributed by atoms with van der Waals surface area (Å²) in [6.45, 7) is 0. The predicted octanol–water partition coefficient (Wildman–Crippen LogP) is 5.03. The molecule has 0 spiro atoms. The van der Waals surface area contributed by atoms with E-state index >= 15 is 0 Å². The van der Waals surface area contributed by atoms with E-state index < -0.39 is 0 Å². The third-order valence-corrected chi connectivity index (χ3v) is 6.02. The second-order valence-corrected chi connectivity index (χ2v) is 7.91. The van der Waals surface area contributed by atoms with Crippen LogP contribution in [-0.2, 0) is 0 Å². The minimum absolute atomic E-state index is 0.868. The molecule has 2 aromatic heterocycles. The van der Waals surface area contributed by atoms with Gasteiger partial charge in [-0.05, 0) is 24.3 Å². The molecule has 0 unspecified atom stereocenters. The van der Waals surface area contributed by atoms with Gasteiger partial charge >= 0.3 is 0 Å². The lowest BCUT2D eigenvalue weighted by atomic mass is 10.1. The van der Waals surface area contributed by atoms with Crippen molar-refractivity contribution < 1.29 is 0 Å². The smallest absolute Gasteiger partial charge is 0.0980 e. The van der Waals surface area contributed by atoms with Gasteiger partial charge in [0.25, 0.3) is 0 Å². The number of hydrogen-bond donors (Lipinski definition) is 0. The van der Waals surface area contributed by atoms with E-state index in [4.69, 9.17) is 19.9 Å². The quantitative estimate of drug-likeness (QED) is 0.353. The highest BCUT2D eigenvalue weighted by Crippen LogP contribution is 2.15. The van der Waals surface area contributed by atoms with Gasteiger partial charge in [-0.25, -0.2) is 19.9 Å². The molecular formula is C28H16N4. The molecule has 0 bridgehead atoms. The van der Waals surface area contributed by atoms with Gasteiger partial charge in [-0.3, -0.25) is 0 Å².